The molecular weight excluding hydrogens is 546 g/mol. The topological polar surface area (TPSA) is 143 Å². The van der Waals surface area contributed by atoms with Crippen molar-refractivity contribution in [1.29, 1.82) is 0 Å². The van der Waals surface area contributed by atoms with E-state index < -0.39 is 55.5 Å². The number of rotatable bonds is 12. The SMILES string of the molecule is CCOP(=O)(OCC)C(Cc1cc(-c2ccc([N+](=O)[O-])cc2)no1)(NC(=O)OCc1ccccc1)C(F)(F)F. The fraction of sp³-hybridized carbons (Fsp3) is 0.333. The van der Waals surface area contributed by atoms with Crippen LogP contribution in [0.1, 0.15) is 25.2 Å². The molecule has 0 spiro atoms. The van der Waals surface area contributed by atoms with E-state index >= 15 is 0 Å². The fourth-order valence-corrected chi connectivity index (χ4v) is 5.68. The van der Waals surface area contributed by atoms with E-state index in [1.54, 1.807) is 35.6 Å². The van der Waals surface area contributed by atoms with Gasteiger partial charge in [-0.25, -0.2) is 4.79 Å². The van der Waals surface area contributed by atoms with Gasteiger partial charge in [0.25, 0.3) is 5.69 Å². The number of non-ortho nitro benzene ring substituents is 1. The average molecular weight is 571 g/mol. The first kappa shape index (κ1) is 29.8. The van der Waals surface area contributed by atoms with Crippen molar-refractivity contribution in [2.75, 3.05) is 13.2 Å². The molecule has 1 N–H and O–H groups in total. The third-order valence-electron chi connectivity index (χ3n) is 5.42. The first-order valence-electron chi connectivity index (χ1n) is 11.6. The summed E-state index contributed by atoms with van der Waals surface area (Å²) in [6.45, 7) is 1.42. The van der Waals surface area contributed by atoms with Crippen molar-refractivity contribution in [3.63, 3.8) is 0 Å². The molecule has 1 amide bonds. The van der Waals surface area contributed by atoms with E-state index in [4.69, 9.17) is 18.3 Å². The lowest BCUT2D eigenvalue weighted by Gasteiger charge is -2.39. The number of nitro benzene ring substituents is 1. The minimum atomic E-state index is -5.39. The second-order valence-corrected chi connectivity index (χ2v) is 10.3. The normalized spacial score (nSPS) is 13.5. The Morgan fingerprint density at radius 3 is 2.23 bits per heavy atom. The van der Waals surface area contributed by atoms with Crippen LogP contribution in [0.4, 0.5) is 23.7 Å². The van der Waals surface area contributed by atoms with Crippen LogP contribution in [-0.2, 0) is 31.4 Å². The molecule has 0 saturated heterocycles. The lowest BCUT2D eigenvalue weighted by molar-refractivity contribution is -0.384. The van der Waals surface area contributed by atoms with Gasteiger partial charge in [0.1, 0.15) is 18.1 Å². The van der Waals surface area contributed by atoms with E-state index in [-0.39, 0.29) is 18.0 Å². The van der Waals surface area contributed by atoms with Crippen LogP contribution < -0.4 is 5.32 Å². The molecule has 210 valence electrons. The van der Waals surface area contributed by atoms with Crippen molar-refractivity contribution >= 4 is 19.4 Å². The molecule has 1 heterocycles. The summed E-state index contributed by atoms with van der Waals surface area (Å²) in [5.74, 6) is -0.427. The van der Waals surface area contributed by atoms with Gasteiger partial charge in [0, 0.05) is 23.8 Å². The number of ether oxygens (including phenoxy) is 1. The monoisotopic (exact) mass is 571 g/mol. The summed E-state index contributed by atoms with van der Waals surface area (Å²) < 4.78 is 78.4. The summed E-state index contributed by atoms with van der Waals surface area (Å²) in [6.07, 6.45) is -8.14. The first-order valence-corrected chi connectivity index (χ1v) is 13.1. The van der Waals surface area contributed by atoms with Gasteiger partial charge >= 0.3 is 19.9 Å². The Morgan fingerprint density at radius 1 is 1.08 bits per heavy atom. The molecule has 3 rings (SSSR count). The van der Waals surface area contributed by atoms with Gasteiger partial charge in [0.2, 0.25) is 5.28 Å². The highest BCUT2D eigenvalue weighted by atomic mass is 31.2. The van der Waals surface area contributed by atoms with E-state index in [1.807, 2.05) is 0 Å². The standard InChI is InChI=1S/C24H25F3N3O8P/c1-3-36-39(34,37-4-2)23(24(25,26)27,28-22(31)35-16-17-8-6-5-7-9-17)15-20-14-21(29-38-20)18-10-12-19(13-11-18)30(32)33/h5-14H,3-4,15-16H2,1-2H3,(H,28,31). The van der Waals surface area contributed by atoms with Crippen LogP contribution in [0.15, 0.2) is 65.2 Å². The van der Waals surface area contributed by atoms with Crippen molar-refractivity contribution in [3.05, 3.63) is 82.1 Å². The summed E-state index contributed by atoms with van der Waals surface area (Å²) in [4.78, 5) is 22.9. The lowest BCUT2D eigenvalue weighted by Crippen LogP contribution is -2.60. The van der Waals surface area contributed by atoms with Crippen molar-refractivity contribution in [2.45, 2.75) is 38.3 Å². The zero-order valence-electron chi connectivity index (χ0n) is 20.8. The molecule has 0 aliphatic rings. The number of hydrogen-bond donors (Lipinski definition) is 1. The van der Waals surface area contributed by atoms with Gasteiger partial charge in [0.05, 0.1) is 24.6 Å². The van der Waals surface area contributed by atoms with Gasteiger partial charge in [-0.2, -0.15) is 13.2 Å². The van der Waals surface area contributed by atoms with E-state index in [0.29, 0.717) is 11.1 Å². The number of amides is 1. The fourth-order valence-electron chi connectivity index (χ4n) is 3.60. The Kier molecular flexibility index (Phi) is 9.49. The van der Waals surface area contributed by atoms with Crippen LogP contribution in [0.3, 0.4) is 0 Å². The zero-order valence-corrected chi connectivity index (χ0v) is 21.7. The van der Waals surface area contributed by atoms with Crippen LogP contribution in [0.5, 0.6) is 0 Å². The molecule has 1 aromatic heterocycles. The smallest absolute Gasteiger partial charge is 0.423 e. The molecular formula is C24H25F3N3O8P. The molecule has 39 heavy (non-hydrogen) atoms. The number of benzene rings is 2. The van der Waals surface area contributed by atoms with Crippen LogP contribution in [0.25, 0.3) is 11.3 Å². The highest BCUT2D eigenvalue weighted by Crippen LogP contribution is 2.65. The maximum Gasteiger partial charge on any atom is 0.423 e. The molecule has 2 aromatic carbocycles. The number of alkyl carbamates (subject to hydrolysis) is 1. The number of nitrogens with one attached hydrogen (secondary N) is 1. The van der Waals surface area contributed by atoms with Crippen LogP contribution in [0.2, 0.25) is 0 Å². The van der Waals surface area contributed by atoms with Crippen LogP contribution in [0, 0.1) is 10.1 Å². The average Bonchev–Trinajstić information content (AvgIpc) is 3.36. The quantitative estimate of drug-likeness (QED) is 0.152. The zero-order chi connectivity index (χ0) is 28.7. The maximum atomic E-state index is 14.8. The Labute approximate surface area is 220 Å². The number of halogens is 3. The van der Waals surface area contributed by atoms with E-state index in [9.17, 15) is 32.6 Å². The summed E-state index contributed by atoms with van der Waals surface area (Å²) in [5, 5.41) is 12.7. The van der Waals surface area contributed by atoms with Gasteiger partial charge in [0.15, 0.2) is 0 Å². The second-order valence-electron chi connectivity index (χ2n) is 8.04. The molecule has 0 bridgehead atoms. The number of carbonyl (C=O) groups is 1. The predicted molar refractivity (Wildman–Crippen MR) is 132 cm³/mol. The molecule has 3 aromatic rings. The summed E-state index contributed by atoms with van der Waals surface area (Å²) in [6, 6.07) is 14.4. The van der Waals surface area contributed by atoms with Gasteiger partial charge in [-0.3, -0.25) is 20.0 Å². The predicted octanol–water partition coefficient (Wildman–Crippen LogP) is 6.24. The number of nitrogens with zero attached hydrogens (tertiary/aromatic N) is 2. The van der Waals surface area contributed by atoms with Gasteiger partial charge in [-0.15, -0.1) is 0 Å². The van der Waals surface area contributed by atoms with Crippen LogP contribution in [-0.4, -0.2) is 40.8 Å². The summed E-state index contributed by atoms with van der Waals surface area (Å²) in [7, 11) is -5.18. The minimum Gasteiger partial charge on any atom is -0.445 e. The molecule has 0 aliphatic carbocycles. The Hall–Kier alpha value is -3.74. The van der Waals surface area contributed by atoms with Crippen LogP contribution >= 0.6 is 7.60 Å². The largest absolute Gasteiger partial charge is 0.445 e. The van der Waals surface area contributed by atoms with E-state index in [0.717, 1.165) is 6.07 Å². The van der Waals surface area contributed by atoms with E-state index in [2.05, 4.69) is 5.16 Å². The molecule has 15 heteroatoms. The lowest BCUT2D eigenvalue weighted by atomic mass is 10.1. The minimum absolute atomic E-state index is 0.0466. The number of aromatic nitrogens is 1. The third kappa shape index (κ3) is 6.83. The highest BCUT2D eigenvalue weighted by molar-refractivity contribution is 7.55. The molecule has 0 saturated carbocycles. The maximum absolute atomic E-state index is 14.8. The molecule has 0 aliphatic heterocycles. The van der Waals surface area contributed by atoms with Gasteiger partial charge in [-0.05, 0) is 31.5 Å². The second kappa shape index (κ2) is 12.4. The molecule has 0 fully saturated rings. The number of hydrogen-bond acceptors (Lipinski definition) is 9. The van der Waals surface area contributed by atoms with Crippen molar-refractivity contribution in [3.8, 4) is 11.3 Å². The summed E-state index contributed by atoms with van der Waals surface area (Å²) >= 11 is 0. The van der Waals surface area contributed by atoms with E-state index in [1.165, 1.54) is 38.1 Å². The Bertz CT molecular complexity index is 1310. The van der Waals surface area contributed by atoms with Crippen molar-refractivity contribution in [1.82, 2.24) is 10.5 Å². The van der Waals surface area contributed by atoms with Gasteiger partial charge < -0.3 is 18.3 Å². The number of alkyl halides is 3. The van der Waals surface area contributed by atoms with Gasteiger partial charge in [-0.1, -0.05) is 35.5 Å². The molecule has 1 unspecified atom stereocenters. The third-order valence-corrected chi connectivity index (χ3v) is 8.07. The molecule has 11 nitrogen and oxygen atoms in total. The molecule has 0 radical (unpaired) electrons. The highest BCUT2D eigenvalue weighted by Gasteiger charge is 2.70. The number of carbonyl (C=O) groups excluding carboxylic acids is 1. The summed E-state index contributed by atoms with van der Waals surface area (Å²) in [5.41, 5.74) is 0.656. The molecule has 1 atom stereocenters. The number of nitro groups is 1. The first-order chi connectivity index (χ1) is 18.4. The van der Waals surface area contributed by atoms with Crippen molar-refractivity contribution < 1.29 is 45.8 Å². The van der Waals surface area contributed by atoms with Crippen molar-refractivity contribution in [2.24, 2.45) is 0 Å². The Balaban J connectivity index is 1.99. The Morgan fingerprint density at radius 2 is 1.69 bits per heavy atom.